The molecule has 7 nitrogen and oxygen atoms in total. The molecule has 0 unspecified atom stereocenters. The van der Waals surface area contributed by atoms with Crippen molar-refractivity contribution in [3.63, 3.8) is 0 Å². The number of nitrogens with zero attached hydrogens (tertiary/aromatic N) is 2. The monoisotopic (exact) mass is 473 g/mol. The maximum atomic E-state index is 13.5. The summed E-state index contributed by atoms with van der Waals surface area (Å²) in [6, 6.07) is 16.1. The molecule has 33 heavy (non-hydrogen) atoms. The molecule has 1 N–H and O–H groups in total. The molecule has 0 saturated heterocycles. The molecule has 2 aromatic rings. The van der Waals surface area contributed by atoms with Crippen molar-refractivity contribution in [3.05, 3.63) is 65.7 Å². The van der Waals surface area contributed by atoms with E-state index in [2.05, 4.69) is 5.32 Å². The fourth-order valence-corrected chi connectivity index (χ4v) is 4.49. The molecule has 0 aliphatic heterocycles. The molecular formula is C25H35N3O4S. The summed E-state index contributed by atoms with van der Waals surface area (Å²) >= 11 is 0. The van der Waals surface area contributed by atoms with E-state index in [0.717, 1.165) is 28.1 Å². The molecular weight excluding hydrogens is 438 g/mol. The number of benzene rings is 2. The van der Waals surface area contributed by atoms with E-state index in [1.807, 2.05) is 56.3 Å². The Morgan fingerprint density at radius 3 is 2.24 bits per heavy atom. The molecule has 0 heterocycles. The van der Waals surface area contributed by atoms with Gasteiger partial charge in [-0.25, -0.2) is 8.42 Å². The van der Waals surface area contributed by atoms with Crippen LogP contribution in [0.2, 0.25) is 0 Å². The minimum absolute atomic E-state index is 0.252. The summed E-state index contributed by atoms with van der Waals surface area (Å²) in [7, 11) is -3.72. The Labute approximate surface area is 197 Å². The third kappa shape index (κ3) is 7.60. The molecule has 0 aliphatic rings. The molecule has 0 fully saturated rings. The van der Waals surface area contributed by atoms with Crippen molar-refractivity contribution >= 4 is 27.5 Å². The highest BCUT2D eigenvalue weighted by molar-refractivity contribution is 7.92. The summed E-state index contributed by atoms with van der Waals surface area (Å²) in [5.74, 6) is -0.667. The van der Waals surface area contributed by atoms with Crippen LogP contribution in [0, 0.1) is 0 Å². The van der Waals surface area contributed by atoms with Crippen LogP contribution in [0.4, 0.5) is 5.69 Å². The molecule has 2 aromatic carbocycles. The topological polar surface area (TPSA) is 86.8 Å². The molecule has 180 valence electrons. The number of amides is 2. The second kappa shape index (κ2) is 12.4. The molecule has 0 saturated carbocycles. The summed E-state index contributed by atoms with van der Waals surface area (Å²) in [5, 5.41) is 2.83. The molecule has 0 radical (unpaired) electrons. The van der Waals surface area contributed by atoms with Crippen molar-refractivity contribution in [3.8, 4) is 0 Å². The highest BCUT2D eigenvalue weighted by Crippen LogP contribution is 2.23. The van der Waals surface area contributed by atoms with E-state index >= 15 is 0 Å². The number of carbonyl (C=O) groups excluding carboxylic acids is 2. The van der Waals surface area contributed by atoms with Gasteiger partial charge in [0.05, 0.1) is 11.9 Å². The maximum Gasteiger partial charge on any atom is 0.244 e. The van der Waals surface area contributed by atoms with E-state index in [1.54, 1.807) is 19.1 Å². The summed E-state index contributed by atoms with van der Waals surface area (Å²) in [6.07, 6.45) is 3.07. The van der Waals surface area contributed by atoms with Gasteiger partial charge >= 0.3 is 0 Å². The van der Waals surface area contributed by atoms with Crippen molar-refractivity contribution in [2.24, 2.45) is 0 Å². The van der Waals surface area contributed by atoms with Gasteiger partial charge in [0.2, 0.25) is 21.8 Å². The Hall–Kier alpha value is -2.87. The second-order valence-corrected chi connectivity index (χ2v) is 9.95. The number of sulfonamides is 1. The van der Waals surface area contributed by atoms with Crippen LogP contribution in [0.25, 0.3) is 0 Å². The number of hydrogen-bond acceptors (Lipinski definition) is 4. The summed E-state index contributed by atoms with van der Waals surface area (Å²) < 4.78 is 26.5. The van der Waals surface area contributed by atoms with E-state index in [0.29, 0.717) is 31.6 Å². The number of nitrogens with one attached hydrogen (secondary N) is 1. The predicted octanol–water partition coefficient (Wildman–Crippen LogP) is 3.00. The first-order chi connectivity index (χ1) is 15.7. The zero-order valence-corrected chi connectivity index (χ0v) is 20.8. The lowest BCUT2D eigenvalue weighted by Crippen LogP contribution is -2.52. The SMILES string of the molecule is CCCNC(=O)[C@@H](C)N(CCc1ccccc1)C(=O)CN(c1ccccc1CC)S(C)(=O)=O. The number of aryl methyl sites for hydroxylation is 1. The normalized spacial score (nSPS) is 12.1. The van der Waals surface area contributed by atoms with E-state index in [-0.39, 0.29) is 12.5 Å². The Morgan fingerprint density at radius 2 is 1.64 bits per heavy atom. The molecule has 0 aliphatic carbocycles. The molecule has 1 atom stereocenters. The Kier molecular flexibility index (Phi) is 9.91. The van der Waals surface area contributed by atoms with Gasteiger partial charge in [0.1, 0.15) is 12.6 Å². The van der Waals surface area contributed by atoms with Crippen molar-refractivity contribution < 1.29 is 18.0 Å². The van der Waals surface area contributed by atoms with Crippen LogP contribution < -0.4 is 9.62 Å². The van der Waals surface area contributed by atoms with E-state index in [9.17, 15) is 18.0 Å². The van der Waals surface area contributed by atoms with Gasteiger partial charge in [-0.3, -0.25) is 13.9 Å². The molecule has 2 amide bonds. The van der Waals surface area contributed by atoms with E-state index in [1.165, 1.54) is 4.90 Å². The standard InChI is InChI=1S/C25H35N3O4S/c1-5-17-26-25(30)20(3)27(18-16-21-12-8-7-9-13-21)24(29)19-28(33(4,31)32)23-15-11-10-14-22(23)6-2/h7-15,20H,5-6,16-19H2,1-4H3,(H,26,30)/t20-/m1/s1. The van der Waals surface area contributed by atoms with E-state index in [4.69, 9.17) is 0 Å². The van der Waals surface area contributed by atoms with E-state index < -0.39 is 22.0 Å². The minimum Gasteiger partial charge on any atom is -0.354 e. The minimum atomic E-state index is -3.72. The van der Waals surface area contributed by atoms with Gasteiger partial charge in [-0.15, -0.1) is 0 Å². The van der Waals surface area contributed by atoms with Gasteiger partial charge in [-0.2, -0.15) is 0 Å². The van der Waals surface area contributed by atoms with Crippen LogP contribution in [-0.2, 0) is 32.5 Å². The smallest absolute Gasteiger partial charge is 0.244 e. The largest absolute Gasteiger partial charge is 0.354 e. The Bertz CT molecular complexity index is 1020. The first-order valence-corrected chi connectivity index (χ1v) is 13.2. The van der Waals surface area contributed by atoms with Gasteiger partial charge in [-0.05, 0) is 43.4 Å². The summed E-state index contributed by atoms with van der Waals surface area (Å²) in [4.78, 5) is 27.6. The summed E-state index contributed by atoms with van der Waals surface area (Å²) in [6.45, 7) is 6.03. The van der Waals surface area contributed by atoms with Crippen LogP contribution in [0.1, 0.15) is 38.3 Å². The van der Waals surface area contributed by atoms with Crippen molar-refractivity contribution in [2.75, 3.05) is 30.2 Å². The highest BCUT2D eigenvalue weighted by Gasteiger charge is 2.30. The lowest BCUT2D eigenvalue weighted by molar-refractivity contribution is -0.138. The van der Waals surface area contributed by atoms with Gasteiger partial charge in [0.25, 0.3) is 0 Å². The molecule has 8 heteroatoms. The number of rotatable bonds is 12. The number of anilines is 1. The zero-order valence-electron chi connectivity index (χ0n) is 20.0. The first kappa shape index (κ1) is 26.4. The third-order valence-electron chi connectivity index (χ3n) is 5.52. The molecule has 2 rings (SSSR count). The van der Waals surface area contributed by atoms with Crippen LogP contribution >= 0.6 is 0 Å². The maximum absolute atomic E-state index is 13.5. The average molecular weight is 474 g/mol. The average Bonchev–Trinajstić information content (AvgIpc) is 2.80. The van der Waals surface area contributed by atoms with Crippen molar-refractivity contribution in [2.45, 2.75) is 46.1 Å². The van der Waals surface area contributed by atoms with Gasteiger partial charge in [0.15, 0.2) is 0 Å². The first-order valence-electron chi connectivity index (χ1n) is 11.4. The number of carbonyl (C=O) groups is 2. The third-order valence-corrected chi connectivity index (χ3v) is 6.65. The van der Waals surface area contributed by atoms with Gasteiger partial charge < -0.3 is 10.2 Å². The number of para-hydroxylation sites is 1. The molecule has 0 spiro atoms. The van der Waals surface area contributed by atoms with Crippen LogP contribution in [-0.4, -0.2) is 57.1 Å². The Morgan fingerprint density at radius 1 is 1.00 bits per heavy atom. The highest BCUT2D eigenvalue weighted by atomic mass is 32.2. The predicted molar refractivity (Wildman–Crippen MR) is 133 cm³/mol. The van der Waals surface area contributed by atoms with Crippen LogP contribution in [0.5, 0.6) is 0 Å². The quantitative estimate of drug-likeness (QED) is 0.513. The summed E-state index contributed by atoms with van der Waals surface area (Å²) in [5.41, 5.74) is 2.36. The Balaban J connectivity index is 2.32. The second-order valence-electron chi connectivity index (χ2n) is 8.04. The lowest BCUT2D eigenvalue weighted by atomic mass is 10.1. The van der Waals surface area contributed by atoms with Gasteiger partial charge in [0, 0.05) is 13.1 Å². The van der Waals surface area contributed by atoms with Crippen molar-refractivity contribution in [1.82, 2.24) is 10.2 Å². The van der Waals surface area contributed by atoms with Crippen LogP contribution in [0.15, 0.2) is 54.6 Å². The van der Waals surface area contributed by atoms with Gasteiger partial charge in [-0.1, -0.05) is 62.4 Å². The van der Waals surface area contributed by atoms with Crippen molar-refractivity contribution in [1.29, 1.82) is 0 Å². The lowest BCUT2D eigenvalue weighted by Gasteiger charge is -2.32. The van der Waals surface area contributed by atoms with Crippen LogP contribution in [0.3, 0.4) is 0 Å². The molecule has 0 aromatic heterocycles. The zero-order chi connectivity index (χ0) is 24.4. The fourth-order valence-electron chi connectivity index (χ4n) is 3.61. The molecule has 0 bridgehead atoms. The number of hydrogen-bond donors (Lipinski definition) is 1. The fraction of sp³-hybridized carbons (Fsp3) is 0.440.